The Kier molecular flexibility index (Phi) is 21.3. The number of aromatic amines is 2. The molecule has 16 N–H and O–H groups in total. The second kappa shape index (κ2) is 27.2. The number of guanidine groups is 1. The van der Waals surface area contributed by atoms with Crippen LogP contribution in [0.25, 0.3) is 10.9 Å². The van der Waals surface area contributed by atoms with Gasteiger partial charge in [-0.2, -0.15) is 11.8 Å². The summed E-state index contributed by atoms with van der Waals surface area (Å²) in [7, 11) is 0. The van der Waals surface area contributed by atoms with Crippen molar-refractivity contribution < 1.29 is 48.6 Å². The summed E-state index contributed by atoms with van der Waals surface area (Å²) in [5, 5.41) is 35.0. The first kappa shape index (κ1) is 53.1. The Labute approximate surface area is 395 Å². The number of carbonyl (C=O) groups is 8. The van der Waals surface area contributed by atoms with Crippen LogP contribution in [0.4, 0.5) is 0 Å². The normalized spacial score (nSPS) is 13.6. The highest BCUT2D eigenvalue weighted by molar-refractivity contribution is 7.98. The number of fused-ring (bicyclic) bond motifs is 1. The molecular formula is C44H59N13O10S. The summed E-state index contributed by atoms with van der Waals surface area (Å²) < 4.78 is 0. The number of hydrogen-bond acceptors (Lipinski definition) is 12. The number of aliphatic carboxylic acids is 2. The van der Waals surface area contributed by atoms with E-state index in [1.54, 1.807) is 42.6 Å². The third kappa shape index (κ3) is 17.7. The van der Waals surface area contributed by atoms with Gasteiger partial charge in [0.2, 0.25) is 35.4 Å². The minimum absolute atomic E-state index is 0.0522. The number of nitrogens with two attached hydrogens (primary N) is 3. The van der Waals surface area contributed by atoms with Gasteiger partial charge in [-0.3, -0.25) is 43.3 Å². The van der Waals surface area contributed by atoms with Crippen molar-refractivity contribution in [1.29, 1.82) is 0 Å². The average Bonchev–Trinajstić information content (AvgIpc) is 3.99. The number of imidazole rings is 1. The van der Waals surface area contributed by atoms with Gasteiger partial charge in [0.05, 0.1) is 12.4 Å². The first-order chi connectivity index (χ1) is 32.5. The average molecular weight is 962 g/mol. The van der Waals surface area contributed by atoms with Gasteiger partial charge < -0.3 is 69.3 Å². The summed E-state index contributed by atoms with van der Waals surface area (Å²) in [5.41, 5.74) is 19.5. The van der Waals surface area contributed by atoms with Crippen LogP contribution < -0.4 is 49.1 Å². The SMILES string of the molecule is CSCCC(N)C(=O)NC(CCC(=O)O)C(=O)NC(Cc1cnc[nH]1)C(=O)NC(Cc1ccccc1)C(=O)NC(CCCN=C(N)N)C(=O)NC(Cc1c[nH]c2ccccc12)C(=O)NCC(=O)O. The van der Waals surface area contributed by atoms with Crippen LogP contribution in [0.1, 0.15) is 48.9 Å². The Morgan fingerprint density at radius 3 is 1.90 bits per heavy atom. The van der Waals surface area contributed by atoms with E-state index in [1.165, 1.54) is 24.3 Å². The van der Waals surface area contributed by atoms with Crippen LogP contribution in [0.2, 0.25) is 0 Å². The summed E-state index contributed by atoms with van der Waals surface area (Å²) >= 11 is 1.46. The summed E-state index contributed by atoms with van der Waals surface area (Å²) in [6.07, 6.45) is 5.40. The quantitative estimate of drug-likeness (QED) is 0.0168. The molecule has 6 amide bonds. The van der Waals surface area contributed by atoms with Crippen molar-refractivity contribution in [2.75, 3.05) is 25.1 Å². The van der Waals surface area contributed by atoms with Crippen LogP contribution >= 0.6 is 11.8 Å². The summed E-state index contributed by atoms with van der Waals surface area (Å²) in [4.78, 5) is 120. The number of hydrogen-bond donors (Lipinski definition) is 13. The maximum atomic E-state index is 14.5. The van der Waals surface area contributed by atoms with E-state index in [0.29, 0.717) is 22.6 Å². The van der Waals surface area contributed by atoms with Crippen LogP contribution in [-0.2, 0) is 57.6 Å². The number of benzene rings is 2. The summed E-state index contributed by atoms with van der Waals surface area (Å²) in [6, 6.07) is 7.90. The van der Waals surface area contributed by atoms with Gasteiger partial charge in [0, 0.05) is 61.2 Å². The van der Waals surface area contributed by atoms with Crippen molar-refractivity contribution in [2.45, 2.75) is 87.6 Å². The molecule has 0 fully saturated rings. The summed E-state index contributed by atoms with van der Waals surface area (Å²) in [5.74, 6) is -7.15. The Balaban J connectivity index is 1.64. The first-order valence-electron chi connectivity index (χ1n) is 21.6. The van der Waals surface area contributed by atoms with Crippen LogP contribution in [-0.4, -0.2) is 140 Å². The molecule has 2 aromatic carbocycles. The number of carboxylic acid groups (broad SMARTS) is 2. The number of nitrogens with zero attached hydrogens (tertiary/aromatic N) is 2. The minimum Gasteiger partial charge on any atom is -0.481 e. The van der Waals surface area contributed by atoms with E-state index >= 15 is 0 Å². The number of nitrogens with one attached hydrogen (secondary N) is 8. The Hall–Kier alpha value is -7.47. The van der Waals surface area contributed by atoms with Gasteiger partial charge in [0.15, 0.2) is 5.96 Å². The van der Waals surface area contributed by atoms with Gasteiger partial charge in [0.25, 0.3) is 0 Å². The van der Waals surface area contributed by atoms with E-state index in [1.807, 2.05) is 24.5 Å². The third-order valence-electron chi connectivity index (χ3n) is 10.5. The molecule has 0 spiro atoms. The van der Waals surface area contributed by atoms with E-state index < -0.39 is 96.6 Å². The lowest BCUT2D eigenvalue weighted by Crippen LogP contribution is -2.60. The topological polar surface area (TPSA) is 384 Å². The molecule has 24 heteroatoms. The zero-order valence-corrected chi connectivity index (χ0v) is 38.2. The lowest BCUT2D eigenvalue weighted by molar-refractivity contribution is -0.139. The van der Waals surface area contributed by atoms with E-state index in [9.17, 15) is 48.6 Å². The van der Waals surface area contributed by atoms with Crippen molar-refractivity contribution in [3.05, 3.63) is 90.1 Å². The van der Waals surface area contributed by atoms with Crippen molar-refractivity contribution >= 4 is 76.0 Å². The van der Waals surface area contributed by atoms with Crippen LogP contribution in [0.15, 0.2) is 78.3 Å². The summed E-state index contributed by atoms with van der Waals surface area (Å²) in [6.45, 7) is -0.679. The van der Waals surface area contributed by atoms with Gasteiger partial charge in [-0.25, -0.2) is 4.98 Å². The molecule has 23 nitrogen and oxygen atoms in total. The molecule has 366 valence electrons. The number of H-pyrrole nitrogens is 2. The van der Waals surface area contributed by atoms with Gasteiger partial charge in [-0.15, -0.1) is 0 Å². The highest BCUT2D eigenvalue weighted by Crippen LogP contribution is 2.20. The van der Waals surface area contributed by atoms with Crippen LogP contribution in [0.5, 0.6) is 0 Å². The van der Waals surface area contributed by atoms with Gasteiger partial charge >= 0.3 is 11.9 Å². The predicted octanol–water partition coefficient (Wildman–Crippen LogP) is -1.46. The lowest BCUT2D eigenvalue weighted by Gasteiger charge is -2.27. The largest absolute Gasteiger partial charge is 0.481 e. The number of amides is 6. The molecule has 0 radical (unpaired) electrons. The molecule has 0 saturated carbocycles. The van der Waals surface area contributed by atoms with Crippen LogP contribution in [0, 0.1) is 0 Å². The Morgan fingerprint density at radius 2 is 1.28 bits per heavy atom. The van der Waals surface area contributed by atoms with Crippen LogP contribution in [0.3, 0.4) is 0 Å². The maximum Gasteiger partial charge on any atom is 0.322 e. The monoisotopic (exact) mass is 961 g/mol. The van der Waals surface area contributed by atoms with E-state index in [4.69, 9.17) is 17.2 Å². The Bertz CT molecular complexity index is 2360. The molecule has 0 aliphatic carbocycles. The number of carboxylic acids is 2. The fourth-order valence-corrected chi connectivity index (χ4v) is 7.44. The number of para-hydroxylation sites is 1. The first-order valence-corrected chi connectivity index (χ1v) is 23.0. The number of rotatable bonds is 29. The highest BCUT2D eigenvalue weighted by atomic mass is 32.2. The predicted molar refractivity (Wildman–Crippen MR) is 252 cm³/mol. The molecule has 0 aliphatic rings. The number of aromatic nitrogens is 3. The maximum absolute atomic E-state index is 14.5. The molecule has 6 unspecified atom stereocenters. The smallest absolute Gasteiger partial charge is 0.322 e. The minimum atomic E-state index is -1.43. The van der Waals surface area contributed by atoms with Crippen molar-refractivity contribution in [2.24, 2.45) is 22.2 Å². The molecule has 0 saturated heterocycles. The van der Waals surface area contributed by atoms with E-state index in [0.717, 1.165) is 10.9 Å². The third-order valence-corrected chi connectivity index (χ3v) is 11.1. The van der Waals surface area contributed by atoms with Crippen molar-refractivity contribution in [1.82, 2.24) is 46.9 Å². The lowest BCUT2D eigenvalue weighted by atomic mass is 10.0. The molecule has 2 heterocycles. The van der Waals surface area contributed by atoms with Gasteiger partial charge in [0.1, 0.15) is 36.8 Å². The van der Waals surface area contributed by atoms with Crippen molar-refractivity contribution in [3.63, 3.8) is 0 Å². The standard InChI is InChI=1S/C44H59N13O10S/c1-68-17-15-29(45)38(62)53-32(13-14-36(58)59)41(65)57-35(20-27-22-48-24-52-27)43(67)55-33(18-25-8-3-2-4-9-25)42(66)54-31(12-7-16-49-44(46)47)40(64)56-34(39(63)51-23-37(60)61)19-26-21-50-30-11-6-5-10-28(26)30/h2-6,8-11,21-22,24,29,31-35,50H,7,12-20,23,45H2,1H3,(H,48,52)(H,51,63)(H,53,62)(H,54,66)(H,55,67)(H,56,64)(H,57,65)(H,58,59)(H,60,61)(H4,46,47,49). The molecule has 2 aromatic heterocycles. The molecule has 68 heavy (non-hydrogen) atoms. The molecule has 6 atom stereocenters. The van der Waals surface area contributed by atoms with Gasteiger partial charge in [-0.05, 0) is 54.9 Å². The molecular weight excluding hydrogens is 903 g/mol. The number of thioether (sulfide) groups is 1. The molecule has 4 rings (SSSR count). The van der Waals surface area contributed by atoms with Crippen molar-refractivity contribution in [3.8, 4) is 0 Å². The zero-order chi connectivity index (χ0) is 49.6. The van der Waals surface area contributed by atoms with E-state index in [-0.39, 0.29) is 57.5 Å². The zero-order valence-electron chi connectivity index (χ0n) is 37.4. The fraction of sp³-hybridized carbons (Fsp3) is 0.409. The number of aliphatic imine (C=N–C) groups is 1. The fourth-order valence-electron chi connectivity index (χ4n) is 6.95. The number of carbonyl (C=O) groups excluding carboxylic acids is 6. The molecule has 0 aliphatic heterocycles. The van der Waals surface area contributed by atoms with E-state index in [2.05, 4.69) is 51.8 Å². The highest BCUT2D eigenvalue weighted by Gasteiger charge is 2.34. The molecule has 4 aromatic rings. The second-order valence-corrected chi connectivity index (χ2v) is 16.7. The van der Waals surface area contributed by atoms with Gasteiger partial charge in [-0.1, -0.05) is 48.5 Å². The second-order valence-electron chi connectivity index (χ2n) is 15.7. The Morgan fingerprint density at radius 1 is 0.691 bits per heavy atom. The molecule has 0 bridgehead atoms.